The summed E-state index contributed by atoms with van der Waals surface area (Å²) >= 11 is 0. The number of hydrogen-bond acceptors (Lipinski definition) is 9. The Morgan fingerprint density at radius 3 is 2.03 bits per heavy atom. The number of phenols is 1. The molecule has 0 amide bonds. The number of aryl methyl sites for hydroxylation is 2. The molecule has 0 aliphatic rings. The van der Waals surface area contributed by atoms with Crippen LogP contribution in [-0.4, -0.2) is 36.5 Å². The molecule has 3 aromatic rings. The second kappa shape index (κ2) is 8.81. The summed E-state index contributed by atoms with van der Waals surface area (Å²) in [6, 6.07) is 7.17. The second-order valence-electron chi connectivity index (χ2n) is 5.96. The third-order valence-electron chi connectivity index (χ3n) is 4.20. The summed E-state index contributed by atoms with van der Waals surface area (Å²) in [6.45, 7) is 5.16. The smallest absolute Gasteiger partial charge is 0.324 e. The van der Waals surface area contributed by atoms with E-state index in [1.807, 2.05) is 14.0 Å². The van der Waals surface area contributed by atoms with Crippen molar-refractivity contribution in [3.05, 3.63) is 66.5 Å². The molecular weight excluding hydrogens is 400 g/mol. The summed E-state index contributed by atoms with van der Waals surface area (Å²) in [5.41, 5.74) is 0.386. The SMILES string of the molecule is CCn1c(C)nc2cc(NC)ccc21.O=[N+]([O-])c1cc([N+](=O)[O-])c(O)c([N+](=O)[O-])c1. The molecule has 0 unspecified atom stereocenters. The molecule has 13 nitrogen and oxygen atoms in total. The van der Waals surface area contributed by atoms with Crippen LogP contribution in [0.25, 0.3) is 11.0 Å². The molecule has 2 aromatic carbocycles. The van der Waals surface area contributed by atoms with Gasteiger partial charge in [-0.3, -0.25) is 30.3 Å². The molecule has 0 radical (unpaired) electrons. The van der Waals surface area contributed by atoms with Gasteiger partial charge in [-0.2, -0.15) is 0 Å². The molecule has 2 N–H and O–H groups in total. The topological polar surface area (TPSA) is 179 Å². The third-order valence-corrected chi connectivity index (χ3v) is 4.20. The van der Waals surface area contributed by atoms with Crippen LogP contribution in [0.5, 0.6) is 5.75 Å². The van der Waals surface area contributed by atoms with Crippen LogP contribution in [0.2, 0.25) is 0 Å². The largest absolute Gasteiger partial charge is 0.497 e. The first-order valence-electron chi connectivity index (χ1n) is 8.55. The number of benzene rings is 2. The lowest BCUT2D eigenvalue weighted by Gasteiger charge is -2.02. The number of nitro benzene ring substituents is 3. The van der Waals surface area contributed by atoms with E-state index in [1.54, 1.807) is 0 Å². The zero-order valence-corrected chi connectivity index (χ0v) is 16.2. The number of non-ortho nitro benzene ring substituents is 1. The predicted octanol–water partition coefficient (Wildman–Crippen LogP) is 3.52. The minimum absolute atomic E-state index is 0.447. The maximum atomic E-state index is 10.4. The minimum Gasteiger partial charge on any atom is -0.497 e. The van der Waals surface area contributed by atoms with Crippen molar-refractivity contribution >= 4 is 33.8 Å². The standard InChI is InChI=1S/C11H15N3.C6H3N3O7/c1-4-14-8(2)13-10-7-9(12-3)5-6-11(10)14;10-6-4(8(13)14)1-3(7(11)12)2-5(6)9(15)16/h5-7,12H,4H2,1-3H3;1-2,10H. The molecule has 0 aliphatic heterocycles. The van der Waals surface area contributed by atoms with Crippen molar-refractivity contribution in [3.8, 4) is 5.75 Å². The van der Waals surface area contributed by atoms with Gasteiger partial charge in [0.15, 0.2) is 0 Å². The van der Waals surface area contributed by atoms with Crippen LogP contribution >= 0.6 is 0 Å². The number of aromatic hydroxyl groups is 1. The predicted molar refractivity (Wildman–Crippen MR) is 108 cm³/mol. The Kier molecular flexibility index (Phi) is 6.46. The van der Waals surface area contributed by atoms with Gasteiger partial charge in [0.1, 0.15) is 5.82 Å². The molecule has 0 atom stereocenters. The van der Waals surface area contributed by atoms with Gasteiger partial charge < -0.3 is 15.0 Å². The van der Waals surface area contributed by atoms with Crippen LogP contribution in [0.1, 0.15) is 12.7 Å². The van der Waals surface area contributed by atoms with Crippen molar-refractivity contribution in [3.63, 3.8) is 0 Å². The fourth-order valence-electron chi connectivity index (χ4n) is 2.78. The molecule has 1 heterocycles. The van der Waals surface area contributed by atoms with Crippen LogP contribution < -0.4 is 5.32 Å². The molecule has 0 fully saturated rings. The first-order chi connectivity index (χ1) is 14.1. The Bertz CT molecular complexity index is 1110. The molecule has 13 heteroatoms. The number of nitrogens with one attached hydrogen (secondary N) is 1. The fraction of sp³-hybridized carbons (Fsp3) is 0.235. The van der Waals surface area contributed by atoms with Gasteiger partial charge in [-0.15, -0.1) is 0 Å². The second-order valence-corrected chi connectivity index (χ2v) is 5.96. The van der Waals surface area contributed by atoms with Crippen LogP contribution in [0.4, 0.5) is 22.7 Å². The molecule has 3 rings (SSSR count). The Hall–Kier alpha value is -4.29. The number of imidazole rings is 1. The van der Waals surface area contributed by atoms with Gasteiger partial charge in [0, 0.05) is 19.3 Å². The van der Waals surface area contributed by atoms with Crippen LogP contribution in [0.3, 0.4) is 0 Å². The average Bonchev–Trinajstić information content (AvgIpc) is 3.01. The van der Waals surface area contributed by atoms with E-state index in [0.717, 1.165) is 23.6 Å². The highest BCUT2D eigenvalue weighted by Crippen LogP contribution is 2.38. The van der Waals surface area contributed by atoms with Crippen molar-refractivity contribution in [2.45, 2.75) is 20.4 Å². The Morgan fingerprint density at radius 2 is 1.60 bits per heavy atom. The van der Waals surface area contributed by atoms with E-state index in [4.69, 9.17) is 5.11 Å². The fourth-order valence-corrected chi connectivity index (χ4v) is 2.78. The highest BCUT2D eigenvalue weighted by molar-refractivity contribution is 5.80. The quantitative estimate of drug-likeness (QED) is 0.463. The number of anilines is 1. The highest BCUT2D eigenvalue weighted by atomic mass is 16.6. The van der Waals surface area contributed by atoms with Gasteiger partial charge in [-0.05, 0) is 32.0 Å². The van der Waals surface area contributed by atoms with E-state index in [1.165, 1.54) is 5.52 Å². The van der Waals surface area contributed by atoms with Crippen molar-refractivity contribution in [2.75, 3.05) is 12.4 Å². The monoisotopic (exact) mass is 418 g/mol. The minimum atomic E-state index is -1.21. The first kappa shape index (κ1) is 22.0. The maximum Gasteiger partial charge on any atom is 0.324 e. The summed E-state index contributed by atoms with van der Waals surface area (Å²) in [4.78, 5) is 32.3. The normalized spacial score (nSPS) is 10.2. The number of phenolic OH excluding ortho intramolecular Hbond substituents is 1. The summed E-state index contributed by atoms with van der Waals surface area (Å²) in [5.74, 6) is -0.128. The van der Waals surface area contributed by atoms with E-state index >= 15 is 0 Å². The Labute approximate surface area is 169 Å². The Morgan fingerprint density at radius 1 is 1.03 bits per heavy atom. The van der Waals surface area contributed by atoms with Gasteiger partial charge in [0.2, 0.25) is 0 Å². The van der Waals surface area contributed by atoms with E-state index < -0.39 is 37.6 Å². The van der Waals surface area contributed by atoms with E-state index in [9.17, 15) is 30.3 Å². The number of nitrogens with zero attached hydrogens (tertiary/aromatic N) is 5. The maximum absolute atomic E-state index is 10.4. The van der Waals surface area contributed by atoms with Gasteiger partial charge in [0.05, 0.1) is 37.9 Å². The molecule has 0 bridgehead atoms. The van der Waals surface area contributed by atoms with E-state index in [2.05, 4.69) is 40.0 Å². The molecule has 0 saturated carbocycles. The highest BCUT2D eigenvalue weighted by Gasteiger charge is 2.30. The summed E-state index contributed by atoms with van der Waals surface area (Å²) in [6.07, 6.45) is 0. The number of nitro groups is 3. The van der Waals surface area contributed by atoms with E-state index in [0.29, 0.717) is 12.1 Å². The lowest BCUT2D eigenvalue weighted by atomic mass is 10.2. The van der Waals surface area contributed by atoms with E-state index in [-0.39, 0.29) is 0 Å². The van der Waals surface area contributed by atoms with Gasteiger partial charge in [0.25, 0.3) is 11.4 Å². The molecule has 0 aliphatic carbocycles. The number of hydrogen-bond donors (Lipinski definition) is 2. The lowest BCUT2D eigenvalue weighted by Crippen LogP contribution is -1.97. The average molecular weight is 418 g/mol. The first-order valence-corrected chi connectivity index (χ1v) is 8.55. The van der Waals surface area contributed by atoms with Crippen LogP contribution in [0, 0.1) is 37.3 Å². The lowest BCUT2D eigenvalue weighted by molar-refractivity contribution is -0.404. The molecule has 0 saturated heterocycles. The third kappa shape index (κ3) is 4.40. The van der Waals surface area contributed by atoms with Crippen molar-refractivity contribution in [1.29, 1.82) is 0 Å². The van der Waals surface area contributed by atoms with Gasteiger partial charge in [-0.25, -0.2) is 4.98 Å². The zero-order valence-electron chi connectivity index (χ0n) is 16.2. The molecular formula is C17H18N6O7. The molecule has 158 valence electrons. The number of aromatic nitrogens is 2. The number of fused-ring (bicyclic) bond motifs is 1. The van der Waals surface area contributed by atoms with Crippen LogP contribution in [0.15, 0.2) is 30.3 Å². The molecule has 30 heavy (non-hydrogen) atoms. The van der Waals surface area contributed by atoms with Crippen molar-refractivity contribution in [1.82, 2.24) is 9.55 Å². The van der Waals surface area contributed by atoms with Gasteiger partial charge >= 0.3 is 11.4 Å². The van der Waals surface area contributed by atoms with Crippen molar-refractivity contribution < 1.29 is 19.9 Å². The molecule has 0 spiro atoms. The molecule has 1 aromatic heterocycles. The zero-order chi connectivity index (χ0) is 22.6. The van der Waals surface area contributed by atoms with Crippen molar-refractivity contribution in [2.24, 2.45) is 0 Å². The number of rotatable bonds is 5. The summed E-state index contributed by atoms with van der Waals surface area (Å²) < 4.78 is 2.22. The summed E-state index contributed by atoms with van der Waals surface area (Å²) in [7, 11) is 1.92. The summed E-state index contributed by atoms with van der Waals surface area (Å²) in [5, 5.41) is 43.3. The van der Waals surface area contributed by atoms with Gasteiger partial charge in [-0.1, -0.05) is 0 Å². The Balaban J connectivity index is 0.000000215. The van der Waals surface area contributed by atoms with Crippen LogP contribution in [-0.2, 0) is 6.54 Å².